The molecule has 0 amide bonds. The number of anilines is 1. The van der Waals surface area contributed by atoms with Gasteiger partial charge in [-0.25, -0.2) is 9.78 Å². The van der Waals surface area contributed by atoms with E-state index in [1.54, 1.807) is 18.0 Å². The molecule has 0 aliphatic heterocycles. The number of nitrogens with one attached hydrogen (secondary N) is 1. The number of aromatic nitrogens is 1. The van der Waals surface area contributed by atoms with Crippen molar-refractivity contribution in [2.75, 3.05) is 18.8 Å². The van der Waals surface area contributed by atoms with E-state index in [4.69, 9.17) is 4.74 Å². The number of ether oxygens (including phenoxy) is 1. The molecular weight excluding hydrogens is 366 g/mol. The lowest BCUT2D eigenvalue weighted by Gasteiger charge is -2.05. The van der Waals surface area contributed by atoms with E-state index in [0.717, 1.165) is 32.7 Å². The van der Waals surface area contributed by atoms with Gasteiger partial charge in [0.1, 0.15) is 9.71 Å². The van der Waals surface area contributed by atoms with Crippen LogP contribution in [0.25, 0.3) is 10.2 Å². The molecule has 0 radical (unpaired) electrons. The molecule has 0 aliphatic rings. The Balaban J connectivity index is 1.89. The lowest BCUT2D eigenvalue weighted by molar-refractivity contribution is 0.0605. The first kappa shape index (κ1) is 18.4. The van der Waals surface area contributed by atoms with Crippen LogP contribution in [-0.4, -0.2) is 30.0 Å². The van der Waals surface area contributed by atoms with E-state index < -0.39 is 0 Å². The van der Waals surface area contributed by atoms with E-state index in [-0.39, 0.29) is 5.97 Å². The minimum Gasteiger partial charge on any atom is -0.465 e. The third kappa shape index (κ3) is 3.73. The molecule has 0 atom stereocenters. The molecule has 3 aromatic rings. The first-order valence-corrected chi connectivity index (χ1v) is 9.99. The molecule has 0 aliphatic carbocycles. The summed E-state index contributed by atoms with van der Waals surface area (Å²) in [6, 6.07) is 10.1. The fourth-order valence-corrected chi connectivity index (χ4v) is 4.00. The largest absolute Gasteiger partial charge is 0.465 e. The standard InChI is InChI=1S/C19H19N3O2S2/c1-11-16-8-13(10-20-18(16)26-17(11)19(23)24-3)12(2)21-22-14-6-5-7-15(9-14)25-4/h5-10,22H,1-4H3. The molecule has 1 N–H and O–H groups in total. The second-order valence-electron chi connectivity index (χ2n) is 5.67. The fraction of sp³-hybridized carbons (Fsp3) is 0.211. The number of nitrogens with zero attached hydrogens (tertiary/aromatic N) is 2. The number of hydrogen-bond acceptors (Lipinski definition) is 7. The van der Waals surface area contributed by atoms with Crippen molar-refractivity contribution in [3.63, 3.8) is 0 Å². The van der Waals surface area contributed by atoms with Crippen molar-refractivity contribution >= 4 is 50.7 Å². The van der Waals surface area contributed by atoms with Crippen molar-refractivity contribution in [1.29, 1.82) is 0 Å². The molecule has 2 heterocycles. The summed E-state index contributed by atoms with van der Waals surface area (Å²) in [4.78, 5) is 18.9. The van der Waals surface area contributed by atoms with E-state index in [0.29, 0.717) is 4.88 Å². The monoisotopic (exact) mass is 385 g/mol. The van der Waals surface area contributed by atoms with Crippen molar-refractivity contribution in [1.82, 2.24) is 4.98 Å². The molecule has 0 saturated heterocycles. The van der Waals surface area contributed by atoms with Crippen molar-refractivity contribution in [2.24, 2.45) is 5.10 Å². The van der Waals surface area contributed by atoms with E-state index in [9.17, 15) is 4.79 Å². The number of esters is 1. The Bertz CT molecular complexity index is 996. The third-order valence-electron chi connectivity index (χ3n) is 4.01. The Hall–Kier alpha value is -2.38. The maximum Gasteiger partial charge on any atom is 0.348 e. The zero-order valence-corrected chi connectivity index (χ0v) is 16.6. The van der Waals surface area contributed by atoms with Crippen LogP contribution in [0.2, 0.25) is 0 Å². The summed E-state index contributed by atoms with van der Waals surface area (Å²) in [5.41, 5.74) is 6.64. The summed E-state index contributed by atoms with van der Waals surface area (Å²) < 4.78 is 4.84. The molecule has 0 saturated carbocycles. The van der Waals surface area contributed by atoms with Gasteiger partial charge in [0.2, 0.25) is 0 Å². The van der Waals surface area contributed by atoms with Crippen LogP contribution in [0.15, 0.2) is 46.5 Å². The maximum absolute atomic E-state index is 11.9. The molecule has 5 nitrogen and oxygen atoms in total. The van der Waals surface area contributed by atoms with Gasteiger partial charge in [0.15, 0.2) is 0 Å². The Kier molecular flexibility index (Phi) is 5.58. The minimum atomic E-state index is -0.326. The van der Waals surface area contributed by atoms with Gasteiger partial charge in [-0.05, 0) is 49.9 Å². The number of hydrogen-bond donors (Lipinski definition) is 1. The highest BCUT2D eigenvalue weighted by Gasteiger charge is 2.17. The molecule has 7 heteroatoms. The minimum absolute atomic E-state index is 0.326. The van der Waals surface area contributed by atoms with Gasteiger partial charge in [-0.1, -0.05) is 6.07 Å². The first-order chi connectivity index (χ1) is 12.5. The number of carbonyl (C=O) groups excluding carboxylic acids is 1. The molecule has 2 aromatic heterocycles. The molecule has 0 spiro atoms. The number of thiophene rings is 1. The van der Waals surface area contributed by atoms with E-state index in [1.807, 2.05) is 38.3 Å². The normalized spacial score (nSPS) is 11.6. The van der Waals surface area contributed by atoms with Crippen molar-refractivity contribution in [3.05, 3.63) is 52.5 Å². The summed E-state index contributed by atoms with van der Waals surface area (Å²) in [7, 11) is 1.39. The molecular formula is C19H19N3O2S2. The zero-order chi connectivity index (χ0) is 18.7. The number of methoxy groups -OCH3 is 1. The van der Waals surface area contributed by atoms with Crippen LogP contribution in [0.5, 0.6) is 0 Å². The number of rotatable bonds is 5. The predicted octanol–water partition coefficient (Wildman–Crippen LogP) is 4.95. The van der Waals surface area contributed by atoms with Crippen LogP contribution < -0.4 is 5.43 Å². The molecule has 134 valence electrons. The van der Waals surface area contributed by atoms with Crippen molar-refractivity contribution < 1.29 is 9.53 Å². The van der Waals surface area contributed by atoms with Gasteiger partial charge < -0.3 is 4.74 Å². The lowest BCUT2D eigenvalue weighted by atomic mass is 10.1. The van der Waals surface area contributed by atoms with Gasteiger partial charge in [-0.15, -0.1) is 23.1 Å². The molecule has 0 bridgehead atoms. The van der Waals surface area contributed by atoms with E-state index in [2.05, 4.69) is 27.6 Å². The Morgan fingerprint density at radius 3 is 2.88 bits per heavy atom. The summed E-state index contributed by atoms with van der Waals surface area (Å²) in [5, 5.41) is 5.41. The van der Waals surface area contributed by atoms with Gasteiger partial charge in [-0.3, -0.25) is 5.43 Å². The average Bonchev–Trinajstić information content (AvgIpc) is 3.01. The molecule has 0 fully saturated rings. The van der Waals surface area contributed by atoms with Gasteiger partial charge in [-0.2, -0.15) is 5.10 Å². The highest BCUT2D eigenvalue weighted by atomic mass is 32.2. The van der Waals surface area contributed by atoms with E-state index in [1.165, 1.54) is 23.3 Å². The second-order valence-corrected chi connectivity index (χ2v) is 7.54. The van der Waals surface area contributed by atoms with Gasteiger partial charge in [0.05, 0.1) is 18.5 Å². The van der Waals surface area contributed by atoms with Gasteiger partial charge in [0, 0.05) is 22.0 Å². The van der Waals surface area contributed by atoms with Crippen molar-refractivity contribution in [3.8, 4) is 0 Å². The Labute approximate surface area is 160 Å². The van der Waals surface area contributed by atoms with Crippen LogP contribution in [-0.2, 0) is 4.74 Å². The smallest absolute Gasteiger partial charge is 0.348 e. The maximum atomic E-state index is 11.9. The number of carbonyl (C=O) groups is 1. The first-order valence-electron chi connectivity index (χ1n) is 7.95. The quantitative estimate of drug-likeness (QED) is 0.291. The summed E-state index contributed by atoms with van der Waals surface area (Å²) >= 11 is 3.04. The van der Waals surface area contributed by atoms with Crippen LogP contribution in [0.4, 0.5) is 5.69 Å². The van der Waals surface area contributed by atoms with Crippen LogP contribution in [0.3, 0.4) is 0 Å². The van der Waals surface area contributed by atoms with Crippen LogP contribution in [0.1, 0.15) is 27.7 Å². The fourth-order valence-electron chi connectivity index (χ4n) is 2.49. The molecule has 26 heavy (non-hydrogen) atoms. The lowest BCUT2D eigenvalue weighted by Crippen LogP contribution is -2.01. The SMILES string of the molecule is COC(=O)c1sc2ncc(C(C)=NNc3cccc(SC)c3)cc2c1C. The number of hydrazone groups is 1. The van der Waals surface area contributed by atoms with Gasteiger partial charge in [0.25, 0.3) is 0 Å². The van der Waals surface area contributed by atoms with Crippen LogP contribution >= 0.6 is 23.1 Å². The Morgan fingerprint density at radius 2 is 2.15 bits per heavy atom. The van der Waals surface area contributed by atoms with Crippen molar-refractivity contribution in [2.45, 2.75) is 18.7 Å². The predicted molar refractivity (Wildman–Crippen MR) is 110 cm³/mol. The third-order valence-corrected chi connectivity index (χ3v) is 5.93. The topological polar surface area (TPSA) is 63.6 Å². The summed E-state index contributed by atoms with van der Waals surface area (Å²) in [5.74, 6) is -0.326. The second kappa shape index (κ2) is 7.88. The Morgan fingerprint density at radius 1 is 1.35 bits per heavy atom. The molecule has 0 unspecified atom stereocenters. The molecule has 1 aromatic carbocycles. The number of benzene rings is 1. The number of thioether (sulfide) groups is 1. The summed E-state index contributed by atoms with van der Waals surface area (Å²) in [6.45, 7) is 3.84. The average molecular weight is 386 g/mol. The number of pyridine rings is 1. The number of fused-ring (bicyclic) bond motifs is 1. The summed E-state index contributed by atoms with van der Waals surface area (Å²) in [6.07, 6.45) is 3.82. The molecule has 3 rings (SSSR count). The van der Waals surface area contributed by atoms with Gasteiger partial charge >= 0.3 is 5.97 Å². The highest BCUT2D eigenvalue weighted by molar-refractivity contribution is 7.98. The van der Waals surface area contributed by atoms with E-state index >= 15 is 0 Å². The highest BCUT2D eigenvalue weighted by Crippen LogP contribution is 2.30. The zero-order valence-electron chi connectivity index (χ0n) is 15.0. The van der Waals surface area contributed by atoms with Crippen LogP contribution in [0, 0.1) is 6.92 Å². The number of aryl methyl sites for hydroxylation is 1.